The van der Waals surface area contributed by atoms with Gasteiger partial charge in [-0.25, -0.2) is 18.0 Å². The molecule has 1 aliphatic rings. The van der Waals surface area contributed by atoms with E-state index in [2.05, 4.69) is 5.32 Å². The van der Waals surface area contributed by atoms with Gasteiger partial charge in [0.05, 0.1) is 11.4 Å². The zero-order valence-electron chi connectivity index (χ0n) is 12.2. The molecule has 0 spiro atoms. The van der Waals surface area contributed by atoms with Crippen molar-refractivity contribution in [2.45, 2.75) is 37.8 Å². The van der Waals surface area contributed by atoms with Crippen LogP contribution in [0.1, 0.15) is 26.2 Å². The van der Waals surface area contributed by atoms with Crippen LogP contribution in [0.15, 0.2) is 0 Å². The Hall–Kier alpha value is -1.35. The first kappa shape index (κ1) is 17.7. The number of rotatable bonds is 5. The molecule has 1 fully saturated rings. The largest absolute Gasteiger partial charge is 0.480 e. The highest BCUT2D eigenvalue weighted by Gasteiger charge is 2.31. The first-order valence-corrected chi connectivity index (χ1v) is 8.74. The van der Waals surface area contributed by atoms with E-state index >= 15 is 0 Å². The predicted molar refractivity (Wildman–Crippen MR) is 75.7 cm³/mol. The lowest BCUT2D eigenvalue weighted by Gasteiger charge is -2.36. The van der Waals surface area contributed by atoms with Crippen LogP contribution in [0.3, 0.4) is 0 Å². The van der Waals surface area contributed by atoms with Crippen LogP contribution >= 0.6 is 0 Å². The van der Waals surface area contributed by atoms with E-state index in [0.717, 1.165) is 6.26 Å². The summed E-state index contributed by atoms with van der Waals surface area (Å²) < 4.78 is 22.1. The van der Waals surface area contributed by atoms with Crippen LogP contribution in [-0.4, -0.2) is 72.3 Å². The van der Waals surface area contributed by atoms with Crippen LogP contribution in [-0.2, 0) is 14.6 Å². The zero-order valence-corrected chi connectivity index (χ0v) is 13.0. The number of carboxylic acid groups (broad SMARTS) is 1. The number of carboxylic acids is 1. The van der Waals surface area contributed by atoms with Crippen molar-refractivity contribution in [3.05, 3.63) is 0 Å². The molecule has 1 aliphatic heterocycles. The smallest absolute Gasteiger partial charge is 0.326 e. The van der Waals surface area contributed by atoms with Crippen molar-refractivity contribution in [2.75, 3.05) is 25.1 Å². The molecular formula is C12H22N2O6S. The van der Waals surface area contributed by atoms with Crippen LogP contribution in [0.5, 0.6) is 0 Å². The molecule has 21 heavy (non-hydrogen) atoms. The van der Waals surface area contributed by atoms with Crippen LogP contribution in [0, 0.1) is 0 Å². The van der Waals surface area contributed by atoms with Gasteiger partial charge in [0.2, 0.25) is 0 Å². The Balaban J connectivity index is 2.55. The number of aliphatic hydroxyl groups is 1. The lowest BCUT2D eigenvalue weighted by atomic mass is 9.94. The third-order valence-corrected chi connectivity index (χ3v) is 4.48. The Morgan fingerprint density at radius 3 is 2.29 bits per heavy atom. The molecule has 1 unspecified atom stereocenters. The van der Waals surface area contributed by atoms with Crippen molar-refractivity contribution in [3.8, 4) is 0 Å². The van der Waals surface area contributed by atoms with Gasteiger partial charge in [0.15, 0.2) is 0 Å². The average molecular weight is 322 g/mol. The minimum atomic E-state index is -3.29. The summed E-state index contributed by atoms with van der Waals surface area (Å²) in [6.45, 7) is 2.35. The van der Waals surface area contributed by atoms with E-state index in [4.69, 9.17) is 5.11 Å². The molecule has 1 rings (SSSR count). The van der Waals surface area contributed by atoms with E-state index in [-0.39, 0.29) is 12.2 Å². The fourth-order valence-corrected chi connectivity index (χ4v) is 2.69. The van der Waals surface area contributed by atoms with Crippen molar-refractivity contribution in [1.29, 1.82) is 0 Å². The monoisotopic (exact) mass is 322 g/mol. The van der Waals surface area contributed by atoms with Gasteiger partial charge in [0, 0.05) is 19.3 Å². The molecule has 0 radical (unpaired) electrons. The van der Waals surface area contributed by atoms with Gasteiger partial charge >= 0.3 is 12.0 Å². The van der Waals surface area contributed by atoms with E-state index in [1.54, 1.807) is 6.92 Å². The number of sulfone groups is 1. The molecular weight excluding hydrogens is 300 g/mol. The second-order valence-corrected chi connectivity index (χ2v) is 8.00. The lowest BCUT2D eigenvalue weighted by Crippen LogP contribution is -2.52. The van der Waals surface area contributed by atoms with Crippen LogP contribution in [0.4, 0.5) is 4.79 Å². The van der Waals surface area contributed by atoms with Crippen molar-refractivity contribution < 1.29 is 28.2 Å². The van der Waals surface area contributed by atoms with E-state index in [1.165, 1.54) is 4.90 Å². The summed E-state index contributed by atoms with van der Waals surface area (Å²) >= 11 is 0. The Labute approximate surface area is 124 Å². The van der Waals surface area contributed by atoms with Gasteiger partial charge in [-0.15, -0.1) is 0 Å². The third kappa shape index (κ3) is 6.30. The molecule has 8 nitrogen and oxygen atoms in total. The normalized spacial score (nSPS) is 19.9. The minimum absolute atomic E-state index is 0.175. The van der Waals surface area contributed by atoms with E-state index < -0.39 is 33.5 Å². The molecule has 3 N–H and O–H groups in total. The van der Waals surface area contributed by atoms with Crippen molar-refractivity contribution in [2.24, 2.45) is 0 Å². The fraction of sp³-hybridized carbons (Fsp3) is 0.833. The Kier molecular flexibility index (Phi) is 5.57. The van der Waals surface area contributed by atoms with Crippen LogP contribution in [0.2, 0.25) is 0 Å². The average Bonchev–Trinajstić information content (AvgIpc) is 2.32. The molecule has 9 heteroatoms. The van der Waals surface area contributed by atoms with Gasteiger partial charge in [0.25, 0.3) is 0 Å². The number of urea groups is 1. The Bertz CT molecular complexity index is 492. The van der Waals surface area contributed by atoms with Gasteiger partial charge in [0.1, 0.15) is 15.9 Å². The topological polar surface area (TPSA) is 124 Å². The zero-order chi connectivity index (χ0) is 16.3. The second kappa shape index (κ2) is 6.61. The number of carbonyl (C=O) groups excluding carboxylic acids is 1. The summed E-state index contributed by atoms with van der Waals surface area (Å²) in [5.74, 6) is -1.57. The highest BCUT2D eigenvalue weighted by molar-refractivity contribution is 7.90. The molecule has 122 valence electrons. The maximum absolute atomic E-state index is 12.0. The van der Waals surface area contributed by atoms with Crippen molar-refractivity contribution >= 4 is 21.8 Å². The number of aliphatic carboxylic acids is 1. The standard InChI is InChI=1S/C12H22N2O6S/c1-12(18)4-6-14(7-5-12)11(17)13-9(10(15)16)3-8-21(2,19)20/h9,18H,3-8H2,1-2H3,(H,13,17)(H,15,16). The summed E-state index contributed by atoms with van der Waals surface area (Å²) in [7, 11) is -3.29. The number of amides is 2. The highest BCUT2D eigenvalue weighted by atomic mass is 32.2. The summed E-state index contributed by atoms with van der Waals surface area (Å²) in [6.07, 6.45) is 1.68. The number of carbonyl (C=O) groups is 2. The second-order valence-electron chi connectivity index (χ2n) is 5.74. The number of hydrogen-bond acceptors (Lipinski definition) is 5. The number of nitrogens with one attached hydrogen (secondary N) is 1. The van der Waals surface area contributed by atoms with Gasteiger partial charge in [-0.05, 0) is 26.2 Å². The van der Waals surface area contributed by atoms with E-state index in [0.29, 0.717) is 25.9 Å². The van der Waals surface area contributed by atoms with Crippen LogP contribution in [0.25, 0.3) is 0 Å². The molecule has 1 saturated heterocycles. The molecule has 0 bridgehead atoms. The molecule has 0 aromatic rings. The summed E-state index contributed by atoms with van der Waals surface area (Å²) in [5, 5.41) is 21.2. The van der Waals surface area contributed by atoms with E-state index in [1.807, 2.05) is 0 Å². The molecule has 1 atom stereocenters. The number of nitrogens with zero attached hydrogens (tertiary/aromatic N) is 1. The Morgan fingerprint density at radius 1 is 1.33 bits per heavy atom. The number of likely N-dealkylation sites (tertiary alicyclic amines) is 1. The fourth-order valence-electron chi connectivity index (χ4n) is 2.02. The van der Waals surface area contributed by atoms with Gasteiger partial charge in [-0.2, -0.15) is 0 Å². The number of piperidine rings is 1. The van der Waals surface area contributed by atoms with Gasteiger partial charge in [-0.1, -0.05) is 0 Å². The predicted octanol–water partition coefficient (Wildman–Crippen LogP) is -0.569. The van der Waals surface area contributed by atoms with Gasteiger partial charge in [-0.3, -0.25) is 0 Å². The quantitative estimate of drug-likeness (QED) is 0.623. The summed E-state index contributed by atoms with van der Waals surface area (Å²) in [6, 6.07) is -1.79. The maximum Gasteiger partial charge on any atom is 0.326 e. The molecule has 0 saturated carbocycles. The minimum Gasteiger partial charge on any atom is -0.480 e. The van der Waals surface area contributed by atoms with Crippen molar-refractivity contribution in [1.82, 2.24) is 10.2 Å². The SMILES string of the molecule is CC1(O)CCN(C(=O)NC(CCS(C)(=O)=O)C(=O)O)CC1. The first-order chi connectivity index (χ1) is 9.50. The molecule has 1 heterocycles. The maximum atomic E-state index is 12.0. The third-order valence-electron chi connectivity index (χ3n) is 3.50. The first-order valence-electron chi connectivity index (χ1n) is 6.68. The molecule has 0 aromatic heterocycles. The molecule has 2 amide bonds. The summed E-state index contributed by atoms with van der Waals surface area (Å²) in [4.78, 5) is 24.5. The summed E-state index contributed by atoms with van der Waals surface area (Å²) in [5.41, 5.74) is -0.806. The Morgan fingerprint density at radius 2 is 1.86 bits per heavy atom. The number of hydrogen-bond donors (Lipinski definition) is 3. The molecule has 0 aromatic carbocycles. The van der Waals surface area contributed by atoms with Gasteiger partial charge < -0.3 is 20.4 Å². The van der Waals surface area contributed by atoms with Crippen LogP contribution < -0.4 is 5.32 Å². The lowest BCUT2D eigenvalue weighted by molar-refractivity contribution is -0.139. The molecule has 0 aliphatic carbocycles. The van der Waals surface area contributed by atoms with Crippen molar-refractivity contribution in [3.63, 3.8) is 0 Å². The van der Waals surface area contributed by atoms with E-state index in [9.17, 15) is 23.1 Å². The highest BCUT2D eigenvalue weighted by Crippen LogP contribution is 2.21.